The molecule has 1 saturated heterocycles. The molecule has 0 bridgehead atoms. The van der Waals surface area contributed by atoms with Crippen LogP contribution >= 0.6 is 0 Å². The van der Waals surface area contributed by atoms with Crippen LogP contribution in [-0.4, -0.2) is 66.5 Å². The van der Waals surface area contributed by atoms with Crippen LogP contribution in [-0.2, 0) is 17.9 Å². The standard InChI is InChI=1S/C26H29N9O2/c1-19-14-20(2)35(30-19)23-8-9-26(37)34(31-23)17-25(36)29-22-15-24(28-18-27-22)33-12-10-32(11-13-33)16-21-6-4-3-5-7-21/h3-9,14-15,18H,10-13,16-17H2,1-2H3,(H,27,28,29,36). The fourth-order valence-corrected chi connectivity index (χ4v) is 4.41. The number of nitrogens with zero attached hydrogens (tertiary/aromatic N) is 8. The van der Waals surface area contributed by atoms with E-state index in [1.54, 1.807) is 16.8 Å². The molecule has 11 heteroatoms. The van der Waals surface area contributed by atoms with Crippen LogP contribution in [0.15, 0.2) is 65.7 Å². The van der Waals surface area contributed by atoms with E-state index < -0.39 is 5.91 Å². The van der Waals surface area contributed by atoms with Gasteiger partial charge in [0.15, 0.2) is 5.82 Å². The predicted molar refractivity (Wildman–Crippen MR) is 140 cm³/mol. The van der Waals surface area contributed by atoms with Crippen molar-refractivity contribution in [3.8, 4) is 5.82 Å². The van der Waals surface area contributed by atoms with Crippen LogP contribution in [0, 0.1) is 13.8 Å². The molecule has 1 amide bonds. The molecular weight excluding hydrogens is 470 g/mol. The van der Waals surface area contributed by atoms with Crippen molar-refractivity contribution < 1.29 is 4.79 Å². The van der Waals surface area contributed by atoms with E-state index in [0.717, 1.165) is 54.6 Å². The lowest BCUT2D eigenvalue weighted by Crippen LogP contribution is -2.46. The molecule has 1 aliphatic heterocycles. The molecule has 4 aromatic rings. The predicted octanol–water partition coefficient (Wildman–Crippen LogP) is 1.80. The van der Waals surface area contributed by atoms with Gasteiger partial charge in [-0.05, 0) is 31.5 Å². The summed E-state index contributed by atoms with van der Waals surface area (Å²) in [6, 6.07) is 17.1. The highest BCUT2D eigenvalue weighted by molar-refractivity contribution is 5.89. The van der Waals surface area contributed by atoms with Crippen molar-refractivity contribution in [3.05, 3.63) is 88.2 Å². The van der Waals surface area contributed by atoms with Gasteiger partial charge in [-0.3, -0.25) is 14.5 Å². The summed E-state index contributed by atoms with van der Waals surface area (Å²) in [5.41, 5.74) is 2.65. The third-order valence-electron chi connectivity index (χ3n) is 6.24. The summed E-state index contributed by atoms with van der Waals surface area (Å²) in [7, 11) is 0. The summed E-state index contributed by atoms with van der Waals surface area (Å²) >= 11 is 0. The Balaban J connectivity index is 1.20. The van der Waals surface area contributed by atoms with Gasteiger partial charge in [-0.1, -0.05) is 30.3 Å². The van der Waals surface area contributed by atoms with E-state index in [1.165, 1.54) is 18.0 Å². The Morgan fingerprint density at radius 1 is 0.919 bits per heavy atom. The molecule has 4 heterocycles. The number of amides is 1. The van der Waals surface area contributed by atoms with Gasteiger partial charge in [-0.15, -0.1) is 5.10 Å². The summed E-state index contributed by atoms with van der Waals surface area (Å²) in [6.07, 6.45) is 1.44. The van der Waals surface area contributed by atoms with Crippen LogP contribution in [0.4, 0.5) is 11.6 Å². The van der Waals surface area contributed by atoms with Gasteiger partial charge in [0.25, 0.3) is 5.56 Å². The Morgan fingerprint density at radius 3 is 2.43 bits per heavy atom. The first-order valence-corrected chi connectivity index (χ1v) is 12.2. The molecule has 1 N–H and O–H groups in total. The number of carbonyl (C=O) groups excluding carboxylic acids is 1. The van der Waals surface area contributed by atoms with Crippen LogP contribution < -0.4 is 15.8 Å². The number of hydrogen-bond donors (Lipinski definition) is 1. The highest BCUT2D eigenvalue weighted by atomic mass is 16.2. The average Bonchev–Trinajstić information content (AvgIpc) is 3.24. The maximum Gasteiger partial charge on any atom is 0.267 e. The zero-order valence-electron chi connectivity index (χ0n) is 20.9. The number of nitrogens with one attached hydrogen (secondary N) is 1. The van der Waals surface area contributed by atoms with Crippen molar-refractivity contribution in [2.24, 2.45) is 0 Å². The zero-order valence-corrected chi connectivity index (χ0v) is 20.9. The minimum absolute atomic E-state index is 0.247. The number of hydrogen-bond acceptors (Lipinski definition) is 8. The smallest absolute Gasteiger partial charge is 0.267 e. The first-order chi connectivity index (χ1) is 17.9. The Labute approximate surface area is 214 Å². The van der Waals surface area contributed by atoms with Gasteiger partial charge in [0.2, 0.25) is 5.91 Å². The normalized spacial score (nSPS) is 14.1. The maximum atomic E-state index is 12.7. The molecule has 0 spiro atoms. The summed E-state index contributed by atoms with van der Waals surface area (Å²) in [6.45, 7) is 7.96. The van der Waals surface area contributed by atoms with Crippen molar-refractivity contribution in [1.29, 1.82) is 0 Å². The molecule has 190 valence electrons. The van der Waals surface area contributed by atoms with E-state index in [1.807, 2.05) is 26.0 Å². The molecule has 11 nitrogen and oxygen atoms in total. The molecule has 37 heavy (non-hydrogen) atoms. The summed E-state index contributed by atoms with van der Waals surface area (Å²) in [5, 5.41) is 11.5. The maximum absolute atomic E-state index is 12.7. The number of aromatic nitrogens is 6. The number of piperazine rings is 1. The van der Waals surface area contributed by atoms with Crippen molar-refractivity contribution in [3.63, 3.8) is 0 Å². The van der Waals surface area contributed by atoms with Gasteiger partial charge >= 0.3 is 0 Å². The van der Waals surface area contributed by atoms with Crippen LogP contribution in [0.3, 0.4) is 0 Å². The molecule has 1 aromatic carbocycles. The van der Waals surface area contributed by atoms with Crippen LogP contribution in [0.5, 0.6) is 0 Å². The molecule has 1 aliphatic rings. The van der Waals surface area contributed by atoms with E-state index in [2.05, 4.69) is 59.5 Å². The van der Waals surface area contributed by atoms with E-state index in [-0.39, 0.29) is 12.1 Å². The minimum atomic E-state index is -0.405. The van der Waals surface area contributed by atoms with Crippen molar-refractivity contribution >= 4 is 17.5 Å². The molecular formula is C26H29N9O2. The fraction of sp³-hybridized carbons (Fsp3) is 0.308. The van der Waals surface area contributed by atoms with E-state index >= 15 is 0 Å². The fourth-order valence-electron chi connectivity index (χ4n) is 4.41. The number of aryl methyl sites for hydroxylation is 2. The molecule has 0 radical (unpaired) electrons. The monoisotopic (exact) mass is 499 g/mol. The van der Waals surface area contributed by atoms with Gasteiger partial charge in [-0.2, -0.15) is 5.10 Å². The molecule has 0 saturated carbocycles. The molecule has 0 aliphatic carbocycles. The average molecular weight is 500 g/mol. The summed E-state index contributed by atoms with van der Waals surface area (Å²) in [4.78, 5) is 38.3. The Bertz CT molecular complexity index is 1440. The second-order valence-corrected chi connectivity index (χ2v) is 9.08. The Kier molecular flexibility index (Phi) is 7.04. The number of carbonyl (C=O) groups is 1. The van der Waals surface area contributed by atoms with Gasteiger partial charge in [0, 0.05) is 50.6 Å². The lowest BCUT2D eigenvalue weighted by molar-refractivity contribution is -0.117. The van der Waals surface area contributed by atoms with Gasteiger partial charge in [0.05, 0.1) is 5.69 Å². The van der Waals surface area contributed by atoms with Crippen LogP contribution in [0.1, 0.15) is 17.0 Å². The quantitative estimate of drug-likeness (QED) is 0.410. The number of anilines is 2. The minimum Gasteiger partial charge on any atom is -0.354 e. The number of rotatable bonds is 7. The lowest BCUT2D eigenvalue weighted by Gasteiger charge is -2.35. The van der Waals surface area contributed by atoms with E-state index in [0.29, 0.717) is 11.6 Å². The second kappa shape index (κ2) is 10.7. The molecule has 0 atom stereocenters. The zero-order chi connectivity index (χ0) is 25.8. The van der Waals surface area contributed by atoms with E-state index in [9.17, 15) is 9.59 Å². The number of benzene rings is 1. The third kappa shape index (κ3) is 5.89. The molecule has 3 aromatic heterocycles. The SMILES string of the molecule is Cc1cc(C)n(-c2ccc(=O)n(CC(=O)Nc3cc(N4CCN(Cc5ccccc5)CC4)ncn3)n2)n1. The lowest BCUT2D eigenvalue weighted by atomic mass is 10.2. The van der Waals surface area contributed by atoms with Gasteiger partial charge in [-0.25, -0.2) is 19.3 Å². The summed E-state index contributed by atoms with van der Waals surface area (Å²) < 4.78 is 2.76. The van der Waals surface area contributed by atoms with Crippen molar-refractivity contribution in [2.45, 2.75) is 26.9 Å². The highest BCUT2D eigenvalue weighted by Gasteiger charge is 2.19. The highest BCUT2D eigenvalue weighted by Crippen LogP contribution is 2.17. The van der Waals surface area contributed by atoms with Crippen molar-refractivity contribution in [2.75, 3.05) is 36.4 Å². The topological polar surface area (TPSA) is 114 Å². The Morgan fingerprint density at radius 2 is 1.70 bits per heavy atom. The van der Waals surface area contributed by atoms with Crippen LogP contribution in [0.2, 0.25) is 0 Å². The van der Waals surface area contributed by atoms with Crippen LogP contribution in [0.25, 0.3) is 5.82 Å². The molecule has 1 fully saturated rings. The Hall–Kier alpha value is -4.38. The van der Waals surface area contributed by atoms with Gasteiger partial charge in [0.1, 0.15) is 24.5 Å². The first-order valence-electron chi connectivity index (χ1n) is 12.2. The first kappa shape index (κ1) is 24.3. The van der Waals surface area contributed by atoms with Gasteiger partial charge < -0.3 is 10.2 Å². The largest absolute Gasteiger partial charge is 0.354 e. The van der Waals surface area contributed by atoms with Crippen molar-refractivity contribution in [1.82, 2.24) is 34.4 Å². The van der Waals surface area contributed by atoms with E-state index in [4.69, 9.17) is 0 Å². The summed E-state index contributed by atoms with van der Waals surface area (Å²) in [5.74, 6) is 1.20. The molecule has 5 rings (SSSR count). The third-order valence-corrected chi connectivity index (χ3v) is 6.24. The second-order valence-electron chi connectivity index (χ2n) is 9.08. The molecule has 0 unspecified atom stereocenters.